The molecule has 2 aromatic heterocycles. The Balaban J connectivity index is 2.54. The molecule has 0 spiro atoms. The second kappa shape index (κ2) is 4.49. The smallest absolute Gasteiger partial charge is 0.153 e. The number of alkyl halides is 1. The lowest BCUT2D eigenvalue weighted by Gasteiger charge is -2.04. The molecule has 0 aliphatic carbocycles. The van der Waals surface area contributed by atoms with Gasteiger partial charge in [-0.3, -0.25) is 9.97 Å². The SMILES string of the molecule is Fc1c(CBr)ccnc1-c1ccncc1. The van der Waals surface area contributed by atoms with Crippen molar-refractivity contribution in [3.8, 4) is 11.3 Å². The van der Waals surface area contributed by atoms with E-state index >= 15 is 0 Å². The van der Waals surface area contributed by atoms with Crippen molar-refractivity contribution in [3.05, 3.63) is 48.2 Å². The Morgan fingerprint density at radius 2 is 1.87 bits per heavy atom. The lowest BCUT2D eigenvalue weighted by atomic mass is 10.1. The van der Waals surface area contributed by atoms with E-state index in [0.717, 1.165) is 5.56 Å². The average Bonchev–Trinajstić information content (AvgIpc) is 2.30. The normalized spacial score (nSPS) is 10.3. The first-order valence-corrected chi connectivity index (χ1v) is 5.55. The first-order chi connectivity index (χ1) is 7.33. The molecule has 0 bridgehead atoms. The van der Waals surface area contributed by atoms with E-state index in [-0.39, 0.29) is 5.82 Å². The minimum absolute atomic E-state index is 0.277. The van der Waals surface area contributed by atoms with Gasteiger partial charge in [-0.05, 0) is 18.2 Å². The van der Waals surface area contributed by atoms with Crippen LogP contribution in [0.5, 0.6) is 0 Å². The Morgan fingerprint density at radius 3 is 2.53 bits per heavy atom. The van der Waals surface area contributed by atoms with Crippen molar-refractivity contribution >= 4 is 15.9 Å². The van der Waals surface area contributed by atoms with Gasteiger partial charge in [0.25, 0.3) is 0 Å². The van der Waals surface area contributed by atoms with Gasteiger partial charge in [0.2, 0.25) is 0 Å². The molecule has 0 unspecified atom stereocenters. The second-order valence-electron chi connectivity index (χ2n) is 3.00. The van der Waals surface area contributed by atoms with E-state index in [9.17, 15) is 4.39 Å². The van der Waals surface area contributed by atoms with Gasteiger partial charge < -0.3 is 0 Å². The van der Waals surface area contributed by atoms with Crippen LogP contribution in [0.2, 0.25) is 0 Å². The van der Waals surface area contributed by atoms with Gasteiger partial charge in [0.05, 0.1) is 0 Å². The van der Waals surface area contributed by atoms with Crippen LogP contribution in [0, 0.1) is 5.82 Å². The highest BCUT2D eigenvalue weighted by atomic mass is 79.9. The van der Waals surface area contributed by atoms with Gasteiger partial charge in [0.15, 0.2) is 5.82 Å². The van der Waals surface area contributed by atoms with Crippen LogP contribution in [0.3, 0.4) is 0 Å². The van der Waals surface area contributed by atoms with Crippen molar-refractivity contribution in [1.29, 1.82) is 0 Å². The number of nitrogens with zero attached hydrogens (tertiary/aromatic N) is 2. The van der Waals surface area contributed by atoms with Gasteiger partial charge in [-0.1, -0.05) is 15.9 Å². The molecule has 0 aromatic carbocycles. The molecule has 0 radical (unpaired) electrons. The minimum Gasteiger partial charge on any atom is -0.265 e. The van der Waals surface area contributed by atoms with E-state index in [1.54, 1.807) is 36.8 Å². The molecule has 2 nitrogen and oxygen atoms in total. The van der Waals surface area contributed by atoms with E-state index in [2.05, 4.69) is 25.9 Å². The van der Waals surface area contributed by atoms with Crippen molar-refractivity contribution in [2.24, 2.45) is 0 Å². The van der Waals surface area contributed by atoms with Gasteiger partial charge in [0.1, 0.15) is 5.69 Å². The van der Waals surface area contributed by atoms with Crippen LogP contribution in [0.25, 0.3) is 11.3 Å². The van der Waals surface area contributed by atoms with Crippen LogP contribution in [-0.2, 0) is 5.33 Å². The third-order valence-corrected chi connectivity index (χ3v) is 2.67. The van der Waals surface area contributed by atoms with E-state index < -0.39 is 0 Å². The fourth-order valence-electron chi connectivity index (χ4n) is 1.30. The molecule has 2 aromatic rings. The Bertz CT molecular complexity index is 459. The number of pyridine rings is 2. The summed E-state index contributed by atoms with van der Waals surface area (Å²) in [5.74, 6) is -0.277. The summed E-state index contributed by atoms with van der Waals surface area (Å²) in [6.45, 7) is 0. The Morgan fingerprint density at radius 1 is 1.13 bits per heavy atom. The molecule has 0 N–H and O–H groups in total. The Labute approximate surface area is 95.3 Å². The molecular formula is C11H8BrFN2. The molecule has 0 atom stereocenters. The van der Waals surface area contributed by atoms with Gasteiger partial charge >= 0.3 is 0 Å². The maximum Gasteiger partial charge on any atom is 0.153 e. The van der Waals surface area contributed by atoms with Gasteiger partial charge in [0, 0.05) is 35.0 Å². The van der Waals surface area contributed by atoms with E-state index in [1.807, 2.05) is 0 Å². The van der Waals surface area contributed by atoms with Gasteiger partial charge in [-0.2, -0.15) is 0 Å². The quantitative estimate of drug-likeness (QED) is 0.781. The maximum atomic E-state index is 13.8. The fraction of sp³-hybridized carbons (Fsp3) is 0.0909. The summed E-state index contributed by atoms with van der Waals surface area (Å²) in [7, 11) is 0. The minimum atomic E-state index is -0.277. The molecule has 2 heterocycles. The highest BCUT2D eigenvalue weighted by Gasteiger charge is 2.09. The lowest BCUT2D eigenvalue weighted by Crippen LogP contribution is -1.94. The van der Waals surface area contributed by atoms with Crippen LogP contribution in [-0.4, -0.2) is 9.97 Å². The first-order valence-electron chi connectivity index (χ1n) is 4.42. The van der Waals surface area contributed by atoms with E-state index in [1.165, 1.54) is 0 Å². The summed E-state index contributed by atoms with van der Waals surface area (Å²) in [4.78, 5) is 7.92. The van der Waals surface area contributed by atoms with E-state index in [0.29, 0.717) is 16.6 Å². The van der Waals surface area contributed by atoms with Crippen LogP contribution >= 0.6 is 15.9 Å². The standard InChI is InChI=1S/C11H8BrFN2/c12-7-9-3-6-15-11(10(9)13)8-1-4-14-5-2-8/h1-6H,7H2. The number of halogens is 2. The van der Waals surface area contributed by atoms with Gasteiger partial charge in [-0.15, -0.1) is 0 Å². The average molecular weight is 267 g/mol. The summed E-state index contributed by atoms with van der Waals surface area (Å²) >= 11 is 3.23. The zero-order chi connectivity index (χ0) is 10.7. The summed E-state index contributed by atoms with van der Waals surface area (Å²) in [5, 5.41) is 0.486. The maximum absolute atomic E-state index is 13.8. The van der Waals surface area contributed by atoms with Crippen molar-refractivity contribution in [2.45, 2.75) is 5.33 Å². The highest BCUT2D eigenvalue weighted by molar-refractivity contribution is 9.08. The zero-order valence-corrected chi connectivity index (χ0v) is 9.41. The molecular weight excluding hydrogens is 259 g/mol. The third kappa shape index (κ3) is 2.04. The van der Waals surface area contributed by atoms with Crippen LogP contribution in [0.1, 0.15) is 5.56 Å². The molecule has 0 fully saturated rings. The van der Waals surface area contributed by atoms with Crippen molar-refractivity contribution < 1.29 is 4.39 Å². The fourth-order valence-corrected chi connectivity index (χ4v) is 1.73. The summed E-state index contributed by atoms with van der Waals surface area (Å²) in [6.07, 6.45) is 4.85. The van der Waals surface area contributed by atoms with Crippen LogP contribution in [0.15, 0.2) is 36.8 Å². The van der Waals surface area contributed by atoms with E-state index in [4.69, 9.17) is 0 Å². The number of hydrogen-bond acceptors (Lipinski definition) is 2. The van der Waals surface area contributed by atoms with Crippen LogP contribution < -0.4 is 0 Å². The summed E-state index contributed by atoms with van der Waals surface area (Å²) < 4.78 is 13.8. The zero-order valence-electron chi connectivity index (χ0n) is 7.82. The number of rotatable bonds is 2. The summed E-state index contributed by atoms with van der Waals surface area (Å²) in [5.41, 5.74) is 1.72. The predicted molar refractivity (Wildman–Crippen MR) is 60.1 cm³/mol. The molecule has 15 heavy (non-hydrogen) atoms. The topological polar surface area (TPSA) is 25.8 Å². The molecule has 0 saturated carbocycles. The highest BCUT2D eigenvalue weighted by Crippen LogP contribution is 2.22. The van der Waals surface area contributed by atoms with Crippen LogP contribution in [0.4, 0.5) is 4.39 Å². The largest absolute Gasteiger partial charge is 0.265 e. The Hall–Kier alpha value is -1.29. The summed E-state index contributed by atoms with van der Waals surface area (Å²) in [6, 6.07) is 5.14. The lowest BCUT2D eigenvalue weighted by molar-refractivity contribution is 0.615. The third-order valence-electron chi connectivity index (χ3n) is 2.07. The number of aromatic nitrogens is 2. The monoisotopic (exact) mass is 266 g/mol. The molecule has 2 rings (SSSR count). The second-order valence-corrected chi connectivity index (χ2v) is 3.56. The molecule has 76 valence electrons. The molecule has 0 saturated heterocycles. The number of hydrogen-bond donors (Lipinski definition) is 0. The molecule has 4 heteroatoms. The van der Waals surface area contributed by atoms with Crippen molar-refractivity contribution in [1.82, 2.24) is 9.97 Å². The molecule has 0 aliphatic heterocycles. The molecule has 0 amide bonds. The Kier molecular flexibility index (Phi) is 3.06. The molecule has 0 aliphatic rings. The van der Waals surface area contributed by atoms with Crippen molar-refractivity contribution in [3.63, 3.8) is 0 Å². The van der Waals surface area contributed by atoms with Gasteiger partial charge in [-0.25, -0.2) is 4.39 Å². The van der Waals surface area contributed by atoms with Crippen molar-refractivity contribution in [2.75, 3.05) is 0 Å². The first kappa shape index (κ1) is 10.2. The predicted octanol–water partition coefficient (Wildman–Crippen LogP) is 3.18.